The van der Waals surface area contributed by atoms with Crippen molar-refractivity contribution in [1.82, 2.24) is 10.2 Å². The van der Waals surface area contributed by atoms with Crippen LogP contribution in [0.4, 0.5) is 24.5 Å². The van der Waals surface area contributed by atoms with E-state index in [9.17, 15) is 22.8 Å². The van der Waals surface area contributed by atoms with E-state index in [0.29, 0.717) is 23.9 Å². The highest BCUT2D eigenvalue weighted by molar-refractivity contribution is 7.80. The molecule has 2 rings (SSSR count). The number of hydrogen-bond acceptors (Lipinski definition) is 5. The first kappa shape index (κ1) is 30.1. The van der Waals surface area contributed by atoms with E-state index in [0.717, 1.165) is 32.6 Å². The number of unbranched alkanes of at least 4 members (excludes halogenated alkanes) is 1. The quantitative estimate of drug-likeness (QED) is 0.314. The number of thiocarbonyl (C=S) groups is 1. The fourth-order valence-electron chi connectivity index (χ4n) is 2.98. The Morgan fingerprint density at radius 1 is 1.00 bits per heavy atom. The molecule has 0 fully saturated rings. The Bertz CT molecular complexity index is 1020. The number of hydrogen-bond donors (Lipinski definition) is 3. The first-order chi connectivity index (χ1) is 16.0. The number of methoxy groups -OCH3 is 1. The van der Waals surface area contributed by atoms with Crippen LogP contribution >= 0.6 is 24.6 Å². The van der Waals surface area contributed by atoms with Crippen LogP contribution in [0, 0.1) is 0 Å². The molecule has 3 N–H and O–H groups in total. The van der Waals surface area contributed by atoms with Crippen molar-refractivity contribution < 1.29 is 27.5 Å². The molecular weight excluding hydrogens is 505 g/mol. The van der Waals surface area contributed by atoms with Crippen LogP contribution in [0.25, 0.3) is 0 Å². The van der Waals surface area contributed by atoms with E-state index in [1.54, 1.807) is 24.3 Å². The molecule has 2 amide bonds. The first-order valence-corrected chi connectivity index (χ1v) is 10.8. The summed E-state index contributed by atoms with van der Waals surface area (Å²) in [5.41, 5.74) is -0.145. The number of nitrogens with zero attached hydrogens (tertiary/aromatic N) is 1. The largest absolute Gasteiger partial charge is 0.496 e. The molecule has 0 radical (unpaired) electrons. The number of nitrogens with one attached hydrogen (secondary N) is 3. The van der Waals surface area contributed by atoms with Gasteiger partial charge in [0.05, 0.1) is 12.7 Å². The van der Waals surface area contributed by atoms with Crippen LogP contribution in [-0.4, -0.2) is 49.6 Å². The number of alkyl halides is 3. The van der Waals surface area contributed by atoms with Gasteiger partial charge in [-0.3, -0.25) is 14.9 Å². The Balaban J connectivity index is 0.00000612. The van der Waals surface area contributed by atoms with Gasteiger partial charge in [0.2, 0.25) is 5.91 Å². The summed E-state index contributed by atoms with van der Waals surface area (Å²) in [6.45, 7) is 0.923. The highest BCUT2D eigenvalue weighted by Crippen LogP contribution is 2.36. The Morgan fingerprint density at radius 3 is 2.14 bits per heavy atom. The van der Waals surface area contributed by atoms with E-state index in [1.165, 1.54) is 6.07 Å². The van der Waals surface area contributed by atoms with Crippen LogP contribution in [0.2, 0.25) is 0 Å². The van der Waals surface area contributed by atoms with Crippen LogP contribution in [0.3, 0.4) is 0 Å². The molecule has 0 aliphatic heterocycles. The molecule has 0 aliphatic carbocycles. The second-order valence-corrected chi connectivity index (χ2v) is 8.12. The minimum absolute atomic E-state index is 0. The fraction of sp³-hybridized carbons (Fsp3) is 0.348. The van der Waals surface area contributed by atoms with Gasteiger partial charge in [0, 0.05) is 23.4 Å². The molecule has 0 aliphatic rings. The Morgan fingerprint density at radius 2 is 1.60 bits per heavy atom. The Kier molecular flexibility index (Phi) is 11.9. The Hall–Kier alpha value is -2.89. The highest BCUT2D eigenvalue weighted by atomic mass is 35.5. The topological polar surface area (TPSA) is 82.7 Å². The van der Waals surface area contributed by atoms with Gasteiger partial charge in [-0.25, -0.2) is 0 Å². The lowest BCUT2D eigenvalue weighted by molar-refractivity contribution is -0.138. The zero-order chi connectivity index (χ0) is 25.3. The monoisotopic (exact) mass is 532 g/mol. The van der Waals surface area contributed by atoms with Gasteiger partial charge < -0.3 is 20.3 Å². The SMILES string of the molecule is COc1ccc(C(=O)NC(=S)Nc2ccc(NC(=O)CCCCN(C)C)cc2)cc1C(F)(F)F.Cl. The van der Waals surface area contributed by atoms with E-state index >= 15 is 0 Å². The summed E-state index contributed by atoms with van der Waals surface area (Å²) in [4.78, 5) is 26.4. The number of ether oxygens (including phenoxy) is 1. The molecule has 0 saturated heterocycles. The third-order valence-electron chi connectivity index (χ3n) is 4.68. The standard InChI is InChI=1S/C23H27F3N4O3S.ClH/c1-30(2)13-5-4-6-20(31)27-16-8-10-17(11-9-16)28-22(34)29-21(32)15-7-12-19(33-3)18(14-15)23(24,25)26;/h7-12,14H,4-6,13H2,1-3H3,(H,27,31)(H2,28,29,32,34);1H. The molecule has 0 unspecified atom stereocenters. The molecule has 7 nitrogen and oxygen atoms in total. The second kappa shape index (κ2) is 13.9. The van der Waals surface area contributed by atoms with Crippen LogP contribution in [0.15, 0.2) is 42.5 Å². The summed E-state index contributed by atoms with van der Waals surface area (Å²) >= 11 is 5.08. The summed E-state index contributed by atoms with van der Waals surface area (Å²) in [6, 6.07) is 9.62. The summed E-state index contributed by atoms with van der Waals surface area (Å²) in [5, 5.41) is 7.84. The molecule has 0 heterocycles. The average Bonchev–Trinajstić information content (AvgIpc) is 2.76. The third kappa shape index (κ3) is 10.1. The van der Waals surface area contributed by atoms with E-state index in [2.05, 4.69) is 20.9 Å². The number of anilines is 2. The fourth-order valence-corrected chi connectivity index (χ4v) is 3.19. The van der Waals surface area contributed by atoms with Gasteiger partial charge in [-0.05, 0) is 88.2 Å². The van der Waals surface area contributed by atoms with Crippen molar-refractivity contribution in [2.45, 2.75) is 25.4 Å². The number of halogens is 4. The molecule has 2 aromatic carbocycles. The van der Waals surface area contributed by atoms with Crippen molar-refractivity contribution in [3.8, 4) is 5.75 Å². The van der Waals surface area contributed by atoms with Gasteiger partial charge in [-0.2, -0.15) is 13.2 Å². The maximum Gasteiger partial charge on any atom is 0.419 e. The van der Waals surface area contributed by atoms with Crippen molar-refractivity contribution >= 4 is 52.9 Å². The maximum atomic E-state index is 13.2. The van der Waals surface area contributed by atoms with Gasteiger partial charge in [0.25, 0.3) is 5.91 Å². The normalized spacial score (nSPS) is 10.8. The molecule has 0 saturated carbocycles. The van der Waals surface area contributed by atoms with Crippen molar-refractivity contribution in [3.05, 3.63) is 53.6 Å². The van der Waals surface area contributed by atoms with Gasteiger partial charge in [0.15, 0.2) is 5.11 Å². The number of carbonyl (C=O) groups excluding carboxylic acids is 2. The zero-order valence-electron chi connectivity index (χ0n) is 19.5. The maximum absolute atomic E-state index is 13.2. The summed E-state index contributed by atoms with van der Waals surface area (Å²) in [5.74, 6) is -1.27. The first-order valence-electron chi connectivity index (χ1n) is 10.4. The molecule has 12 heteroatoms. The lowest BCUT2D eigenvalue weighted by atomic mass is 10.1. The predicted octanol–water partition coefficient (Wildman–Crippen LogP) is 4.93. The van der Waals surface area contributed by atoms with E-state index in [4.69, 9.17) is 17.0 Å². The van der Waals surface area contributed by atoms with Crippen molar-refractivity contribution in [2.24, 2.45) is 0 Å². The average molecular weight is 533 g/mol. The molecule has 0 aromatic heterocycles. The molecule has 0 spiro atoms. The van der Waals surface area contributed by atoms with Crippen LogP contribution in [-0.2, 0) is 11.0 Å². The predicted molar refractivity (Wildman–Crippen MR) is 136 cm³/mol. The lowest BCUT2D eigenvalue weighted by Crippen LogP contribution is -2.34. The minimum Gasteiger partial charge on any atom is -0.496 e. The summed E-state index contributed by atoms with van der Waals surface area (Å²) in [7, 11) is 5.08. The van der Waals surface area contributed by atoms with Gasteiger partial charge in [-0.15, -0.1) is 12.4 Å². The number of carbonyl (C=O) groups is 2. The zero-order valence-corrected chi connectivity index (χ0v) is 21.1. The smallest absolute Gasteiger partial charge is 0.419 e. The van der Waals surface area contributed by atoms with Crippen LogP contribution in [0.5, 0.6) is 5.75 Å². The summed E-state index contributed by atoms with van der Waals surface area (Å²) < 4.78 is 44.2. The molecule has 0 bridgehead atoms. The molecule has 0 atom stereocenters. The van der Waals surface area contributed by atoms with Gasteiger partial charge in [-0.1, -0.05) is 0 Å². The minimum atomic E-state index is -4.68. The number of amides is 2. The van der Waals surface area contributed by atoms with E-state index in [1.807, 2.05) is 14.1 Å². The van der Waals surface area contributed by atoms with Crippen LogP contribution in [0.1, 0.15) is 35.2 Å². The molecule has 35 heavy (non-hydrogen) atoms. The van der Waals surface area contributed by atoms with Crippen molar-refractivity contribution in [3.63, 3.8) is 0 Å². The van der Waals surface area contributed by atoms with E-state index in [-0.39, 0.29) is 34.7 Å². The summed E-state index contributed by atoms with van der Waals surface area (Å²) in [6.07, 6.45) is -2.54. The van der Waals surface area contributed by atoms with Gasteiger partial charge >= 0.3 is 6.18 Å². The third-order valence-corrected chi connectivity index (χ3v) is 4.88. The van der Waals surface area contributed by atoms with Crippen LogP contribution < -0.4 is 20.7 Å². The van der Waals surface area contributed by atoms with E-state index < -0.39 is 17.6 Å². The number of rotatable bonds is 9. The second-order valence-electron chi connectivity index (χ2n) is 7.71. The molecule has 2 aromatic rings. The highest BCUT2D eigenvalue weighted by Gasteiger charge is 2.35. The van der Waals surface area contributed by atoms with Gasteiger partial charge in [0.1, 0.15) is 5.75 Å². The molecular formula is C23H28ClF3N4O3S. The Labute approximate surface area is 213 Å². The lowest BCUT2D eigenvalue weighted by Gasteiger charge is -2.14. The molecule has 192 valence electrons. The van der Waals surface area contributed by atoms with Crippen molar-refractivity contribution in [2.75, 3.05) is 38.4 Å². The number of benzene rings is 2. The van der Waals surface area contributed by atoms with Crippen molar-refractivity contribution in [1.29, 1.82) is 0 Å².